The first-order valence-electron chi connectivity index (χ1n) is 11.0. The van der Waals surface area contributed by atoms with Crippen LogP contribution in [0.5, 0.6) is 0 Å². The molecule has 1 atom stereocenters. The van der Waals surface area contributed by atoms with E-state index in [0.29, 0.717) is 13.2 Å². The number of piperidine rings is 1. The second-order valence-electron chi connectivity index (χ2n) is 7.97. The summed E-state index contributed by atoms with van der Waals surface area (Å²) in [5, 5.41) is 3.44. The van der Waals surface area contributed by atoms with Gasteiger partial charge in [0.15, 0.2) is 5.96 Å². The number of esters is 1. The zero-order chi connectivity index (χ0) is 20.5. The molecule has 0 bridgehead atoms. The fourth-order valence-electron chi connectivity index (χ4n) is 4.37. The first-order chi connectivity index (χ1) is 14.2. The van der Waals surface area contributed by atoms with Gasteiger partial charge in [-0.15, -0.1) is 0 Å². The number of aliphatic imine (C=N–C) groups is 1. The van der Waals surface area contributed by atoms with Crippen molar-refractivity contribution in [3.8, 4) is 0 Å². The van der Waals surface area contributed by atoms with E-state index in [4.69, 9.17) is 14.5 Å². The number of likely N-dealkylation sites (tertiary alicyclic amines) is 1. The minimum atomic E-state index is -0.0850. The molecule has 2 aliphatic heterocycles. The Morgan fingerprint density at radius 1 is 1.28 bits per heavy atom. The van der Waals surface area contributed by atoms with E-state index >= 15 is 0 Å². The molecular weight excluding hydrogens is 366 g/mol. The van der Waals surface area contributed by atoms with Crippen LogP contribution < -0.4 is 5.32 Å². The molecule has 2 aliphatic rings. The number of rotatable bonds is 6. The van der Waals surface area contributed by atoms with Gasteiger partial charge >= 0.3 is 5.97 Å². The number of guanidine groups is 1. The maximum atomic E-state index is 12.2. The van der Waals surface area contributed by atoms with E-state index in [9.17, 15) is 4.79 Å². The van der Waals surface area contributed by atoms with Gasteiger partial charge in [-0.05, 0) is 45.1 Å². The number of carbonyl (C=O) groups is 1. The van der Waals surface area contributed by atoms with E-state index < -0.39 is 0 Å². The molecule has 2 fully saturated rings. The zero-order valence-electron chi connectivity index (χ0n) is 17.9. The van der Waals surface area contributed by atoms with Gasteiger partial charge in [-0.1, -0.05) is 30.3 Å². The van der Waals surface area contributed by atoms with Gasteiger partial charge in [-0.2, -0.15) is 0 Å². The monoisotopic (exact) mass is 401 g/mol. The predicted molar refractivity (Wildman–Crippen MR) is 115 cm³/mol. The molecule has 2 saturated heterocycles. The normalized spacial score (nSPS) is 22.2. The number of nitrogens with one attached hydrogen (secondary N) is 1. The molecule has 160 valence electrons. The lowest BCUT2D eigenvalue weighted by Gasteiger charge is -2.38. The predicted octanol–water partition coefficient (Wildman–Crippen LogP) is 2.98. The molecule has 0 aliphatic carbocycles. The fraction of sp³-hybridized carbons (Fsp3) is 0.652. The van der Waals surface area contributed by atoms with Crippen molar-refractivity contribution in [1.82, 2.24) is 10.2 Å². The number of ether oxygens (including phenoxy) is 2. The van der Waals surface area contributed by atoms with Crippen LogP contribution in [0.4, 0.5) is 0 Å². The van der Waals surface area contributed by atoms with E-state index in [2.05, 4.69) is 47.5 Å². The lowest BCUT2D eigenvalue weighted by molar-refractivity contribution is -0.149. The van der Waals surface area contributed by atoms with Crippen LogP contribution in [-0.4, -0.2) is 62.8 Å². The summed E-state index contributed by atoms with van der Waals surface area (Å²) in [5.41, 5.74) is 1.35. The van der Waals surface area contributed by atoms with Crippen molar-refractivity contribution < 1.29 is 14.3 Å². The summed E-state index contributed by atoms with van der Waals surface area (Å²) < 4.78 is 10.9. The average Bonchev–Trinajstić information content (AvgIpc) is 2.78. The zero-order valence-corrected chi connectivity index (χ0v) is 17.9. The molecule has 6 heteroatoms. The molecule has 1 aromatic carbocycles. The van der Waals surface area contributed by atoms with Crippen molar-refractivity contribution in [1.29, 1.82) is 0 Å². The number of nitrogens with zero attached hydrogens (tertiary/aromatic N) is 2. The summed E-state index contributed by atoms with van der Waals surface area (Å²) in [5.74, 6) is 0.750. The van der Waals surface area contributed by atoms with Gasteiger partial charge in [0, 0.05) is 38.3 Å². The maximum Gasteiger partial charge on any atom is 0.310 e. The molecule has 0 saturated carbocycles. The lowest BCUT2D eigenvalue weighted by atomic mass is 9.74. The molecule has 0 spiro atoms. The van der Waals surface area contributed by atoms with E-state index in [1.165, 1.54) is 5.56 Å². The van der Waals surface area contributed by atoms with Gasteiger partial charge in [-0.25, -0.2) is 0 Å². The van der Waals surface area contributed by atoms with Crippen molar-refractivity contribution in [2.45, 2.75) is 44.9 Å². The highest BCUT2D eigenvalue weighted by Crippen LogP contribution is 2.35. The first kappa shape index (κ1) is 21.6. The van der Waals surface area contributed by atoms with Crippen LogP contribution >= 0.6 is 0 Å². The van der Waals surface area contributed by atoms with Crippen LogP contribution in [0.25, 0.3) is 0 Å². The first-order valence-corrected chi connectivity index (χ1v) is 11.0. The van der Waals surface area contributed by atoms with E-state index in [0.717, 1.165) is 64.5 Å². The molecule has 1 unspecified atom stereocenters. The Balaban J connectivity index is 1.77. The van der Waals surface area contributed by atoms with E-state index in [1.54, 1.807) is 0 Å². The van der Waals surface area contributed by atoms with E-state index in [1.807, 2.05) is 6.92 Å². The molecule has 0 aromatic heterocycles. The molecule has 0 amide bonds. The Kier molecular flexibility index (Phi) is 7.92. The molecule has 1 N–H and O–H groups in total. The van der Waals surface area contributed by atoms with Crippen molar-refractivity contribution in [3.05, 3.63) is 35.9 Å². The van der Waals surface area contributed by atoms with Crippen LogP contribution in [0.2, 0.25) is 0 Å². The minimum absolute atomic E-state index is 0.0104. The quantitative estimate of drug-likeness (QED) is 0.451. The van der Waals surface area contributed by atoms with E-state index in [-0.39, 0.29) is 17.3 Å². The molecule has 2 heterocycles. The number of carbonyl (C=O) groups excluding carboxylic acids is 1. The standard InChI is InChI=1S/C23H35N3O3/c1-3-24-22(26-14-8-9-19(17-26)21(27)29-4-2)25-18-23(12-15-28-16-13-23)20-10-6-5-7-11-20/h5-7,10-11,19H,3-4,8-9,12-18H2,1-2H3,(H,24,25). The van der Waals surface area contributed by atoms with Gasteiger partial charge in [0.1, 0.15) is 0 Å². The Bertz CT molecular complexity index is 671. The summed E-state index contributed by atoms with van der Waals surface area (Å²) in [4.78, 5) is 19.5. The second-order valence-corrected chi connectivity index (χ2v) is 7.97. The highest BCUT2D eigenvalue weighted by Gasteiger charge is 2.35. The SMILES string of the molecule is CCNC(=NCC1(c2ccccc2)CCOCC1)N1CCCC(C(=O)OCC)C1. The summed E-state index contributed by atoms with van der Waals surface area (Å²) in [6.07, 6.45) is 3.82. The van der Waals surface area contributed by atoms with Crippen LogP contribution in [0.15, 0.2) is 35.3 Å². The number of hydrogen-bond donors (Lipinski definition) is 1. The summed E-state index contributed by atoms with van der Waals surface area (Å²) >= 11 is 0. The Hall–Kier alpha value is -2.08. The molecular formula is C23H35N3O3. The highest BCUT2D eigenvalue weighted by atomic mass is 16.5. The van der Waals surface area contributed by atoms with Gasteiger partial charge in [0.25, 0.3) is 0 Å². The maximum absolute atomic E-state index is 12.2. The summed E-state index contributed by atoms with van der Waals surface area (Å²) in [7, 11) is 0. The average molecular weight is 402 g/mol. The number of hydrogen-bond acceptors (Lipinski definition) is 4. The van der Waals surface area contributed by atoms with Crippen LogP contribution in [0.3, 0.4) is 0 Å². The third-order valence-electron chi connectivity index (χ3n) is 6.04. The van der Waals surface area contributed by atoms with Gasteiger partial charge in [-0.3, -0.25) is 9.79 Å². The van der Waals surface area contributed by atoms with Gasteiger partial charge in [0.05, 0.1) is 19.1 Å². The fourth-order valence-corrected chi connectivity index (χ4v) is 4.37. The number of benzene rings is 1. The summed E-state index contributed by atoms with van der Waals surface area (Å²) in [6, 6.07) is 10.7. The Labute approximate surface area is 174 Å². The van der Waals surface area contributed by atoms with Crippen molar-refractivity contribution in [2.24, 2.45) is 10.9 Å². The van der Waals surface area contributed by atoms with Gasteiger partial charge < -0.3 is 19.7 Å². The molecule has 1 aromatic rings. The highest BCUT2D eigenvalue weighted by molar-refractivity contribution is 5.81. The summed E-state index contributed by atoms with van der Waals surface area (Å²) in [6.45, 7) is 9.06. The van der Waals surface area contributed by atoms with Crippen LogP contribution in [-0.2, 0) is 19.7 Å². The third kappa shape index (κ3) is 5.50. The molecule has 29 heavy (non-hydrogen) atoms. The van der Waals surface area contributed by atoms with Crippen molar-refractivity contribution >= 4 is 11.9 Å². The topological polar surface area (TPSA) is 63.2 Å². The van der Waals surface area contributed by atoms with Crippen LogP contribution in [0, 0.1) is 5.92 Å². The molecule has 6 nitrogen and oxygen atoms in total. The lowest BCUT2D eigenvalue weighted by Crippen LogP contribution is -2.49. The minimum Gasteiger partial charge on any atom is -0.466 e. The van der Waals surface area contributed by atoms with Gasteiger partial charge in [0.2, 0.25) is 0 Å². The second kappa shape index (κ2) is 10.6. The van der Waals surface area contributed by atoms with Crippen molar-refractivity contribution in [2.75, 3.05) is 46.0 Å². The molecule has 0 radical (unpaired) electrons. The Morgan fingerprint density at radius 2 is 2.03 bits per heavy atom. The smallest absolute Gasteiger partial charge is 0.310 e. The van der Waals surface area contributed by atoms with Crippen molar-refractivity contribution in [3.63, 3.8) is 0 Å². The third-order valence-corrected chi connectivity index (χ3v) is 6.04. The molecule has 3 rings (SSSR count). The largest absolute Gasteiger partial charge is 0.466 e. The van der Waals surface area contributed by atoms with Crippen LogP contribution in [0.1, 0.15) is 45.1 Å². The Morgan fingerprint density at radius 3 is 2.72 bits per heavy atom.